The smallest absolute Gasteiger partial charge is 0.352 e. The van der Waals surface area contributed by atoms with E-state index in [1.165, 1.54) is 16.7 Å². The number of β-lactam (4-membered cyclic amide) rings is 1. The molecule has 2 aliphatic heterocycles. The highest BCUT2D eigenvalue weighted by molar-refractivity contribution is 8.00. The minimum absolute atomic E-state index is 0.0245. The number of thioether (sulfide) groups is 1. The second-order valence-electron chi connectivity index (χ2n) is 4.45. The van der Waals surface area contributed by atoms with Crippen molar-refractivity contribution >= 4 is 23.6 Å². The van der Waals surface area contributed by atoms with Gasteiger partial charge in [-0.2, -0.15) is 11.8 Å². The van der Waals surface area contributed by atoms with Crippen LogP contribution >= 0.6 is 11.8 Å². The van der Waals surface area contributed by atoms with Crippen molar-refractivity contribution in [3.8, 4) is 0 Å². The molecule has 0 aromatic carbocycles. The van der Waals surface area contributed by atoms with E-state index in [4.69, 9.17) is 10.8 Å². The Morgan fingerprint density at radius 3 is 2.83 bits per heavy atom. The Bertz CT molecular complexity index is 410. The summed E-state index contributed by atoms with van der Waals surface area (Å²) in [5, 5.41) is 18.6. The van der Waals surface area contributed by atoms with Gasteiger partial charge in [0.25, 0.3) is 0 Å². The molecule has 0 spiro atoms. The normalized spacial score (nSPS) is 31.7. The molecule has 6 nitrogen and oxygen atoms in total. The third kappa shape index (κ3) is 1.92. The van der Waals surface area contributed by atoms with Crippen molar-refractivity contribution in [2.75, 3.05) is 12.3 Å². The average Bonchev–Trinajstić information content (AvgIpc) is 2.60. The lowest BCUT2D eigenvalue weighted by molar-refractivity contribution is -0.160. The van der Waals surface area contributed by atoms with E-state index in [9.17, 15) is 14.7 Å². The topological polar surface area (TPSA) is 104 Å². The van der Waals surface area contributed by atoms with Gasteiger partial charge in [-0.3, -0.25) is 4.79 Å². The lowest BCUT2D eigenvalue weighted by Crippen LogP contribution is -2.64. The number of carbonyl (C=O) groups is 2. The molecule has 18 heavy (non-hydrogen) atoms. The van der Waals surface area contributed by atoms with Crippen LogP contribution in [0.2, 0.25) is 0 Å². The number of aliphatic hydroxyl groups is 1. The molecule has 100 valence electrons. The van der Waals surface area contributed by atoms with Crippen LogP contribution in [0.5, 0.6) is 0 Å². The highest BCUT2D eigenvalue weighted by Crippen LogP contribution is 2.44. The zero-order chi connectivity index (χ0) is 13.4. The van der Waals surface area contributed by atoms with E-state index in [0.29, 0.717) is 12.3 Å². The number of rotatable bonds is 5. The van der Waals surface area contributed by atoms with Gasteiger partial charge in [0.15, 0.2) is 0 Å². The third-order valence-corrected chi connectivity index (χ3v) is 4.55. The molecule has 2 rings (SSSR count). The molecule has 4 N–H and O–H groups in total. The summed E-state index contributed by atoms with van der Waals surface area (Å²) >= 11 is 1.52. The van der Waals surface area contributed by atoms with Gasteiger partial charge in [0, 0.05) is 17.5 Å². The maximum Gasteiger partial charge on any atom is 0.352 e. The second-order valence-corrected chi connectivity index (χ2v) is 5.73. The number of hydrogen-bond donors (Lipinski definition) is 3. The van der Waals surface area contributed by atoms with Crippen LogP contribution in [0.3, 0.4) is 0 Å². The summed E-state index contributed by atoms with van der Waals surface area (Å²) in [5.41, 5.74) is 5.46. The number of carbonyl (C=O) groups excluding carboxylic acids is 1. The van der Waals surface area contributed by atoms with E-state index in [-0.39, 0.29) is 22.9 Å². The van der Waals surface area contributed by atoms with E-state index in [1.54, 1.807) is 13.0 Å². The number of hydrogen-bond acceptors (Lipinski definition) is 5. The first-order valence-corrected chi connectivity index (χ1v) is 6.81. The van der Waals surface area contributed by atoms with Crippen molar-refractivity contribution in [2.45, 2.75) is 24.3 Å². The van der Waals surface area contributed by atoms with Gasteiger partial charge in [-0.05, 0) is 13.0 Å². The van der Waals surface area contributed by atoms with Crippen LogP contribution in [0.4, 0.5) is 0 Å². The average molecular weight is 272 g/mol. The molecule has 2 heterocycles. The minimum atomic E-state index is -1.10. The molecule has 0 bridgehead atoms. The predicted octanol–water partition coefficient (Wildman–Crippen LogP) is -0.763. The lowest BCUT2D eigenvalue weighted by Gasteiger charge is -2.46. The molecule has 1 fully saturated rings. The summed E-state index contributed by atoms with van der Waals surface area (Å²) in [6.45, 7) is 2.06. The quantitative estimate of drug-likeness (QED) is 0.568. The summed E-state index contributed by atoms with van der Waals surface area (Å²) in [6.07, 6.45) is 0.828. The van der Waals surface area contributed by atoms with Crippen LogP contribution in [0.25, 0.3) is 0 Å². The van der Waals surface area contributed by atoms with Gasteiger partial charge < -0.3 is 20.8 Å². The van der Waals surface area contributed by atoms with Gasteiger partial charge in [-0.1, -0.05) is 0 Å². The Morgan fingerprint density at radius 1 is 1.67 bits per heavy atom. The molecule has 0 aliphatic carbocycles. The fraction of sp³-hybridized carbons (Fsp3) is 0.636. The van der Waals surface area contributed by atoms with Crippen LogP contribution in [0.1, 0.15) is 6.92 Å². The van der Waals surface area contributed by atoms with Gasteiger partial charge in [-0.25, -0.2) is 4.79 Å². The predicted molar refractivity (Wildman–Crippen MR) is 66.8 cm³/mol. The molecule has 0 radical (unpaired) electrons. The summed E-state index contributed by atoms with van der Waals surface area (Å²) in [4.78, 5) is 24.2. The first kappa shape index (κ1) is 13.4. The molecule has 3 unspecified atom stereocenters. The number of fused-ring (bicyclic) bond motifs is 1. The standard InChI is InChI=1S/C11H16N2O4S/c1-5(14)8-9-7(18-3-2-12)4-6(11(16)17)13(9)10(8)15/h4-5,7-9,14H,2-3,12H2,1H3,(H,16,17)/t5?,7?,8?,9-/m1/s1. The molecule has 2 aliphatic rings. The molecule has 4 atom stereocenters. The molecule has 0 aromatic rings. The molecule has 0 saturated carbocycles. The lowest BCUT2D eigenvalue weighted by atomic mass is 9.83. The number of aliphatic carboxylic acids is 1. The molecule has 0 aromatic heterocycles. The van der Waals surface area contributed by atoms with Crippen molar-refractivity contribution in [3.63, 3.8) is 0 Å². The zero-order valence-electron chi connectivity index (χ0n) is 9.94. The Balaban J connectivity index is 2.20. The van der Waals surface area contributed by atoms with E-state index < -0.39 is 18.0 Å². The number of carboxylic acid groups (broad SMARTS) is 1. The summed E-state index contributed by atoms with van der Waals surface area (Å²) < 4.78 is 0. The van der Waals surface area contributed by atoms with Crippen LogP contribution in [0, 0.1) is 5.92 Å². The van der Waals surface area contributed by atoms with Crippen molar-refractivity contribution in [3.05, 3.63) is 11.8 Å². The largest absolute Gasteiger partial charge is 0.477 e. The molecular formula is C11H16N2O4S. The summed E-state index contributed by atoms with van der Waals surface area (Å²) in [6, 6.07) is -0.250. The Morgan fingerprint density at radius 2 is 2.33 bits per heavy atom. The molecule has 1 amide bonds. The summed E-state index contributed by atoms with van der Waals surface area (Å²) in [7, 11) is 0. The maximum absolute atomic E-state index is 11.8. The summed E-state index contributed by atoms with van der Waals surface area (Å²) in [5.74, 6) is -1.22. The Hall–Kier alpha value is -1.05. The van der Waals surface area contributed by atoms with Gasteiger partial charge in [0.05, 0.1) is 18.1 Å². The van der Waals surface area contributed by atoms with Crippen LogP contribution < -0.4 is 5.73 Å². The number of aliphatic hydroxyl groups excluding tert-OH is 1. The number of carboxylic acids is 1. The minimum Gasteiger partial charge on any atom is -0.477 e. The van der Waals surface area contributed by atoms with Crippen LogP contribution in [-0.4, -0.2) is 56.7 Å². The van der Waals surface area contributed by atoms with Gasteiger partial charge in [0.2, 0.25) is 5.91 Å². The monoisotopic (exact) mass is 272 g/mol. The van der Waals surface area contributed by atoms with Gasteiger partial charge >= 0.3 is 5.97 Å². The van der Waals surface area contributed by atoms with E-state index in [1.807, 2.05) is 0 Å². The first-order chi connectivity index (χ1) is 8.49. The van der Waals surface area contributed by atoms with Crippen molar-refractivity contribution in [1.82, 2.24) is 4.90 Å². The highest BCUT2D eigenvalue weighted by Gasteiger charge is 2.58. The number of nitrogens with zero attached hydrogens (tertiary/aromatic N) is 1. The van der Waals surface area contributed by atoms with Crippen molar-refractivity contribution in [1.29, 1.82) is 0 Å². The number of amides is 1. The third-order valence-electron chi connectivity index (χ3n) is 3.27. The zero-order valence-corrected chi connectivity index (χ0v) is 10.8. The van der Waals surface area contributed by atoms with Gasteiger partial charge in [-0.15, -0.1) is 0 Å². The molecule has 1 saturated heterocycles. The first-order valence-electron chi connectivity index (χ1n) is 5.77. The fourth-order valence-corrected chi connectivity index (χ4v) is 3.64. The molecule has 7 heteroatoms. The van der Waals surface area contributed by atoms with E-state index in [0.717, 1.165) is 0 Å². The van der Waals surface area contributed by atoms with Crippen LogP contribution in [-0.2, 0) is 9.59 Å². The SMILES string of the molecule is CC(O)C1C(=O)N2C(C(=O)O)=CC(SCCN)[C@H]12. The Kier molecular flexibility index (Phi) is 3.65. The second kappa shape index (κ2) is 4.91. The highest BCUT2D eigenvalue weighted by atomic mass is 32.2. The van der Waals surface area contributed by atoms with Crippen molar-refractivity contribution < 1.29 is 19.8 Å². The molecular weight excluding hydrogens is 256 g/mol. The van der Waals surface area contributed by atoms with E-state index >= 15 is 0 Å². The van der Waals surface area contributed by atoms with Crippen LogP contribution in [0.15, 0.2) is 11.8 Å². The fourth-order valence-electron chi connectivity index (χ4n) is 2.51. The maximum atomic E-state index is 11.8. The van der Waals surface area contributed by atoms with Gasteiger partial charge in [0.1, 0.15) is 5.70 Å². The Labute approximate surface area is 109 Å². The van der Waals surface area contributed by atoms with E-state index in [2.05, 4.69) is 0 Å². The number of nitrogens with two attached hydrogens (primary N) is 1. The van der Waals surface area contributed by atoms with Crippen molar-refractivity contribution in [2.24, 2.45) is 11.7 Å².